The van der Waals surface area contributed by atoms with Crippen LogP contribution in [0.2, 0.25) is 5.02 Å². The van der Waals surface area contributed by atoms with E-state index in [2.05, 4.69) is 44.2 Å². The lowest BCUT2D eigenvalue weighted by Gasteiger charge is -2.33. The summed E-state index contributed by atoms with van der Waals surface area (Å²) in [6, 6.07) is 6.60. The molecule has 0 radical (unpaired) electrons. The number of H-pyrrole nitrogens is 1. The van der Waals surface area contributed by atoms with Crippen LogP contribution in [0.25, 0.3) is 10.9 Å². The number of benzene rings is 1. The Labute approximate surface area is 126 Å². The summed E-state index contributed by atoms with van der Waals surface area (Å²) in [5, 5.41) is 5.46. The molecule has 1 aliphatic rings. The van der Waals surface area contributed by atoms with Crippen molar-refractivity contribution in [3.05, 3.63) is 33.4 Å². The van der Waals surface area contributed by atoms with E-state index in [0.29, 0.717) is 6.04 Å². The molecule has 0 spiro atoms. The van der Waals surface area contributed by atoms with Crippen molar-refractivity contribution in [1.29, 1.82) is 0 Å². The minimum Gasteiger partial charge on any atom is -0.348 e. The van der Waals surface area contributed by atoms with Gasteiger partial charge in [-0.15, -0.1) is 0 Å². The third-order valence-electron chi connectivity index (χ3n) is 3.92. The number of rotatable bonds is 2. The highest BCUT2D eigenvalue weighted by molar-refractivity contribution is 9.10. The van der Waals surface area contributed by atoms with Gasteiger partial charge < -0.3 is 15.2 Å². The van der Waals surface area contributed by atoms with E-state index in [1.54, 1.807) is 0 Å². The Morgan fingerprint density at radius 2 is 2.32 bits per heavy atom. The summed E-state index contributed by atoms with van der Waals surface area (Å²) in [7, 11) is 2.20. The first-order valence-electron chi connectivity index (χ1n) is 6.52. The van der Waals surface area contributed by atoms with Crippen molar-refractivity contribution in [2.75, 3.05) is 26.7 Å². The largest absolute Gasteiger partial charge is 0.348 e. The number of nitrogens with one attached hydrogen (secondary N) is 2. The highest BCUT2D eigenvalue weighted by Crippen LogP contribution is 2.32. The van der Waals surface area contributed by atoms with Crippen molar-refractivity contribution in [2.45, 2.75) is 12.5 Å². The maximum Gasteiger partial charge on any atom is 0.0864 e. The molecular weight excluding hydrogens is 326 g/mol. The summed E-state index contributed by atoms with van der Waals surface area (Å²) in [6.07, 6.45) is 1.02. The van der Waals surface area contributed by atoms with E-state index in [1.807, 2.05) is 12.1 Å². The maximum atomic E-state index is 6.24. The molecule has 1 aliphatic heterocycles. The van der Waals surface area contributed by atoms with E-state index in [4.69, 9.17) is 11.6 Å². The van der Waals surface area contributed by atoms with E-state index in [0.717, 1.165) is 41.2 Å². The number of fused-ring (bicyclic) bond motifs is 1. The predicted octanol–water partition coefficient (Wildman–Crippen LogP) is 3.03. The molecule has 102 valence electrons. The summed E-state index contributed by atoms with van der Waals surface area (Å²) in [5.74, 6) is 0. The van der Waals surface area contributed by atoms with Crippen LogP contribution in [-0.2, 0) is 6.42 Å². The summed E-state index contributed by atoms with van der Waals surface area (Å²) >= 11 is 9.88. The zero-order valence-electron chi connectivity index (χ0n) is 10.8. The minimum absolute atomic E-state index is 0.531. The minimum atomic E-state index is 0.531. The van der Waals surface area contributed by atoms with Crippen LogP contribution >= 0.6 is 27.5 Å². The quantitative estimate of drug-likeness (QED) is 0.879. The number of halogens is 2. The second-order valence-corrected chi connectivity index (χ2v) is 6.32. The summed E-state index contributed by atoms with van der Waals surface area (Å²) < 4.78 is 1.05. The summed E-state index contributed by atoms with van der Waals surface area (Å²) in [4.78, 5) is 5.77. The molecule has 0 amide bonds. The molecular formula is C14H17BrClN3. The van der Waals surface area contributed by atoms with Crippen LogP contribution in [0.4, 0.5) is 0 Å². The number of aromatic amines is 1. The molecule has 1 atom stereocenters. The van der Waals surface area contributed by atoms with Crippen molar-refractivity contribution >= 4 is 38.4 Å². The Bertz CT molecular complexity index is 596. The fourth-order valence-corrected chi connectivity index (χ4v) is 3.53. The predicted molar refractivity (Wildman–Crippen MR) is 84.0 cm³/mol. The molecule has 1 unspecified atom stereocenters. The van der Waals surface area contributed by atoms with Gasteiger partial charge in [-0.25, -0.2) is 0 Å². The van der Waals surface area contributed by atoms with E-state index >= 15 is 0 Å². The lowest BCUT2D eigenvalue weighted by molar-refractivity contribution is 0.199. The van der Waals surface area contributed by atoms with Crippen molar-refractivity contribution in [3.63, 3.8) is 0 Å². The molecule has 0 aliphatic carbocycles. The van der Waals surface area contributed by atoms with Gasteiger partial charge in [0, 0.05) is 31.1 Å². The van der Waals surface area contributed by atoms with E-state index < -0.39 is 0 Å². The third kappa shape index (κ3) is 2.55. The van der Waals surface area contributed by atoms with Gasteiger partial charge in [0.25, 0.3) is 0 Å². The molecule has 2 heterocycles. The summed E-state index contributed by atoms with van der Waals surface area (Å²) in [5.41, 5.74) is 2.34. The Morgan fingerprint density at radius 1 is 1.47 bits per heavy atom. The first-order chi connectivity index (χ1) is 9.16. The normalized spacial score (nSPS) is 21.1. The molecule has 2 aromatic rings. The van der Waals surface area contributed by atoms with Gasteiger partial charge in [0.05, 0.1) is 15.1 Å². The van der Waals surface area contributed by atoms with Crippen LogP contribution < -0.4 is 5.32 Å². The molecule has 1 aromatic heterocycles. The topological polar surface area (TPSA) is 31.1 Å². The van der Waals surface area contributed by atoms with Crippen LogP contribution in [0.1, 0.15) is 5.56 Å². The number of hydrogen-bond donors (Lipinski definition) is 2. The Hall–Kier alpha value is -0.550. The highest BCUT2D eigenvalue weighted by Gasteiger charge is 2.22. The van der Waals surface area contributed by atoms with E-state index in [1.165, 1.54) is 10.9 Å². The van der Waals surface area contributed by atoms with Crippen LogP contribution in [0.15, 0.2) is 22.8 Å². The van der Waals surface area contributed by atoms with Crippen molar-refractivity contribution in [2.24, 2.45) is 0 Å². The van der Waals surface area contributed by atoms with Crippen LogP contribution in [0, 0.1) is 0 Å². The van der Waals surface area contributed by atoms with Crippen molar-refractivity contribution < 1.29 is 0 Å². The molecule has 0 bridgehead atoms. The Balaban J connectivity index is 1.96. The Kier molecular flexibility index (Phi) is 3.85. The number of hydrogen-bond acceptors (Lipinski definition) is 2. The first kappa shape index (κ1) is 13.4. The fourth-order valence-electron chi connectivity index (χ4n) is 2.73. The molecule has 3 nitrogen and oxygen atoms in total. The second-order valence-electron chi connectivity index (χ2n) is 5.12. The molecule has 1 saturated heterocycles. The van der Waals surface area contributed by atoms with Gasteiger partial charge in [-0.2, -0.15) is 0 Å². The van der Waals surface area contributed by atoms with Crippen molar-refractivity contribution in [3.8, 4) is 0 Å². The Morgan fingerprint density at radius 3 is 3.11 bits per heavy atom. The molecule has 1 aromatic carbocycles. The SMILES string of the molecule is CN1CCNCC1Cc1c(Br)[nH]c2c(Cl)cccc12. The van der Waals surface area contributed by atoms with Gasteiger partial charge >= 0.3 is 0 Å². The van der Waals surface area contributed by atoms with Gasteiger partial charge in [-0.3, -0.25) is 0 Å². The number of piperazine rings is 1. The van der Waals surface area contributed by atoms with Gasteiger partial charge in [0.2, 0.25) is 0 Å². The van der Waals surface area contributed by atoms with Gasteiger partial charge in [-0.05, 0) is 41.0 Å². The average Bonchev–Trinajstić information content (AvgIpc) is 2.71. The van der Waals surface area contributed by atoms with Gasteiger partial charge in [0.15, 0.2) is 0 Å². The van der Waals surface area contributed by atoms with Gasteiger partial charge in [0.1, 0.15) is 0 Å². The molecule has 5 heteroatoms. The number of aromatic nitrogens is 1. The number of nitrogens with zero attached hydrogens (tertiary/aromatic N) is 1. The molecule has 1 fully saturated rings. The highest BCUT2D eigenvalue weighted by atomic mass is 79.9. The second kappa shape index (κ2) is 5.44. The molecule has 19 heavy (non-hydrogen) atoms. The third-order valence-corrected chi connectivity index (χ3v) is 4.91. The molecule has 2 N–H and O–H groups in total. The van der Waals surface area contributed by atoms with Crippen LogP contribution in [-0.4, -0.2) is 42.6 Å². The molecule has 3 rings (SSSR count). The first-order valence-corrected chi connectivity index (χ1v) is 7.69. The monoisotopic (exact) mass is 341 g/mol. The van der Waals surface area contributed by atoms with Gasteiger partial charge in [-0.1, -0.05) is 23.7 Å². The average molecular weight is 343 g/mol. The fraction of sp³-hybridized carbons (Fsp3) is 0.429. The zero-order valence-corrected chi connectivity index (χ0v) is 13.2. The van der Waals surface area contributed by atoms with E-state index in [-0.39, 0.29) is 0 Å². The maximum absolute atomic E-state index is 6.24. The van der Waals surface area contributed by atoms with E-state index in [9.17, 15) is 0 Å². The number of para-hydroxylation sites is 1. The van der Waals surface area contributed by atoms with Crippen LogP contribution in [0.5, 0.6) is 0 Å². The lowest BCUT2D eigenvalue weighted by Crippen LogP contribution is -2.50. The zero-order chi connectivity index (χ0) is 13.4. The van der Waals surface area contributed by atoms with Crippen molar-refractivity contribution in [1.82, 2.24) is 15.2 Å². The van der Waals surface area contributed by atoms with Crippen LogP contribution in [0.3, 0.4) is 0 Å². The smallest absolute Gasteiger partial charge is 0.0864 e. The summed E-state index contributed by atoms with van der Waals surface area (Å²) in [6.45, 7) is 3.22. The standard InChI is InChI=1S/C14H17BrClN3/c1-19-6-5-17-8-9(19)7-11-10-3-2-4-12(16)13(10)18-14(11)15/h2-4,9,17-18H,5-8H2,1H3. The molecule has 0 saturated carbocycles. The lowest BCUT2D eigenvalue weighted by atomic mass is 10.0. The number of likely N-dealkylation sites (N-methyl/N-ethyl adjacent to an activating group) is 1.